The fraction of sp³-hybridized carbons (Fsp3) is 0.240. The largest absolute Gasteiger partial charge is 0.493 e. The van der Waals surface area contributed by atoms with Gasteiger partial charge in [0, 0.05) is 6.54 Å². The molecule has 0 heterocycles. The molecule has 0 aliphatic heterocycles. The van der Waals surface area contributed by atoms with Crippen LogP contribution in [0.3, 0.4) is 0 Å². The average Bonchev–Trinajstić information content (AvgIpc) is 2.84. The molecule has 8 heteroatoms. The first-order valence-corrected chi connectivity index (χ1v) is 12.0. The number of methoxy groups -OCH3 is 2. The minimum Gasteiger partial charge on any atom is -0.493 e. The first-order chi connectivity index (χ1) is 15.9. The Morgan fingerprint density at radius 3 is 2.12 bits per heavy atom. The number of amides is 1. The van der Waals surface area contributed by atoms with Crippen molar-refractivity contribution in [2.24, 2.45) is 0 Å². The number of sulfonamides is 1. The Morgan fingerprint density at radius 1 is 0.848 bits per heavy atom. The number of hydrogen-bond acceptors (Lipinski definition) is 5. The number of carbonyl (C=O) groups is 1. The molecule has 0 aliphatic carbocycles. The van der Waals surface area contributed by atoms with E-state index in [2.05, 4.69) is 10.0 Å². The molecule has 0 saturated carbocycles. The van der Waals surface area contributed by atoms with Crippen LogP contribution in [0.1, 0.15) is 11.1 Å². The summed E-state index contributed by atoms with van der Waals surface area (Å²) < 4.78 is 38.8. The summed E-state index contributed by atoms with van der Waals surface area (Å²) in [5.41, 5.74) is 1.81. The van der Waals surface area contributed by atoms with Crippen LogP contribution in [0.2, 0.25) is 0 Å². The van der Waals surface area contributed by atoms with Crippen LogP contribution in [-0.4, -0.2) is 41.1 Å². The first-order valence-electron chi connectivity index (χ1n) is 10.5. The summed E-state index contributed by atoms with van der Waals surface area (Å²) in [4.78, 5) is 13.1. The monoisotopic (exact) mass is 468 g/mol. The minimum absolute atomic E-state index is 0.112. The van der Waals surface area contributed by atoms with Crippen molar-refractivity contribution >= 4 is 15.9 Å². The predicted octanol–water partition coefficient (Wildman–Crippen LogP) is 2.95. The maximum absolute atomic E-state index is 13.0. The molecule has 0 aromatic heterocycles. The third-order valence-electron chi connectivity index (χ3n) is 5.11. The molecule has 3 aromatic carbocycles. The van der Waals surface area contributed by atoms with Gasteiger partial charge in [-0.1, -0.05) is 54.6 Å². The van der Waals surface area contributed by atoms with Crippen LogP contribution in [0, 0.1) is 0 Å². The van der Waals surface area contributed by atoms with Crippen molar-refractivity contribution in [3.63, 3.8) is 0 Å². The molecule has 0 unspecified atom stereocenters. The van der Waals surface area contributed by atoms with Crippen molar-refractivity contribution in [2.45, 2.75) is 23.8 Å². The average molecular weight is 469 g/mol. The molecular formula is C25H28N2O5S. The molecule has 1 amide bonds. The van der Waals surface area contributed by atoms with E-state index in [0.717, 1.165) is 11.1 Å². The number of benzene rings is 3. The second kappa shape index (κ2) is 11.5. The third-order valence-corrected chi connectivity index (χ3v) is 6.60. The highest BCUT2D eigenvalue weighted by Gasteiger charge is 2.25. The van der Waals surface area contributed by atoms with Gasteiger partial charge in [0.25, 0.3) is 0 Å². The second-order valence-electron chi connectivity index (χ2n) is 7.41. The number of rotatable bonds is 11. The van der Waals surface area contributed by atoms with Gasteiger partial charge in [0.2, 0.25) is 15.9 Å². The summed E-state index contributed by atoms with van der Waals surface area (Å²) in [5.74, 6) is 0.848. The van der Waals surface area contributed by atoms with Crippen molar-refractivity contribution in [3.8, 4) is 11.5 Å². The molecule has 2 N–H and O–H groups in total. The van der Waals surface area contributed by atoms with Crippen LogP contribution in [0.15, 0.2) is 83.8 Å². The highest BCUT2D eigenvalue weighted by molar-refractivity contribution is 7.89. The summed E-state index contributed by atoms with van der Waals surface area (Å²) in [6.07, 6.45) is 0.782. The van der Waals surface area contributed by atoms with Gasteiger partial charge < -0.3 is 14.8 Å². The van der Waals surface area contributed by atoms with Gasteiger partial charge in [-0.25, -0.2) is 8.42 Å². The van der Waals surface area contributed by atoms with Crippen molar-refractivity contribution in [1.29, 1.82) is 0 Å². The minimum atomic E-state index is -3.86. The van der Waals surface area contributed by atoms with Crippen LogP contribution in [-0.2, 0) is 27.7 Å². The van der Waals surface area contributed by atoms with E-state index in [1.54, 1.807) is 32.4 Å². The van der Waals surface area contributed by atoms with Gasteiger partial charge in [0.1, 0.15) is 6.04 Å². The van der Waals surface area contributed by atoms with E-state index in [1.165, 1.54) is 12.1 Å². The van der Waals surface area contributed by atoms with Crippen LogP contribution in [0.5, 0.6) is 11.5 Å². The van der Waals surface area contributed by atoms with E-state index in [4.69, 9.17) is 9.47 Å². The quantitative estimate of drug-likeness (QED) is 0.451. The van der Waals surface area contributed by atoms with Gasteiger partial charge in [-0.15, -0.1) is 0 Å². The second-order valence-corrected chi connectivity index (χ2v) is 9.12. The van der Waals surface area contributed by atoms with Gasteiger partial charge in [0.05, 0.1) is 19.1 Å². The lowest BCUT2D eigenvalue weighted by Crippen LogP contribution is -2.48. The first kappa shape index (κ1) is 24.3. The Labute approximate surface area is 194 Å². The lowest BCUT2D eigenvalue weighted by molar-refractivity contribution is -0.122. The topological polar surface area (TPSA) is 93.7 Å². The van der Waals surface area contributed by atoms with Gasteiger partial charge in [0.15, 0.2) is 11.5 Å². The van der Waals surface area contributed by atoms with Gasteiger partial charge in [-0.05, 0) is 48.2 Å². The SMILES string of the molecule is COc1ccc(CCNC(=O)[C@@H](Cc2ccccc2)NS(=O)(=O)c2ccccc2)cc1OC. The Balaban J connectivity index is 1.70. The fourth-order valence-electron chi connectivity index (χ4n) is 3.38. The molecule has 0 radical (unpaired) electrons. The molecule has 33 heavy (non-hydrogen) atoms. The number of hydrogen-bond donors (Lipinski definition) is 2. The summed E-state index contributed by atoms with van der Waals surface area (Å²) in [5, 5.41) is 2.85. The zero-order valence-electron chi connectivity index (χ0n) is 18.7. The van der Waals surface area contributed by atoms with E-state index in [1.807, 2.05) is 48.5 Å². The molecule has 0 saturated heterocycles. The molecule has 0 aliphatic rings. The third kappa shape index (κ3) is 6.81. The number of nitrogens with one attached hydrogen (secondary N) is 2. The molecular weight excluding hydrogens is 440 g/mol. The Bertz CT molecular complexity index is 1150. The van der Waals surface area contributed by atoms with E-state index < -0.39 is 16.1 Å². The predicted molar refractivity (Wildman–Crippen MR) is 127 cm³/mol. The Kier molecular flexibility index (Phi) is 8.46. The number of carbonyl (C=O) groups excluding carboxylic acids is 1. The lowest BCUT2D eigenvalue weighted by atomic mass is 10.1. The molecule has 174 valence electrons. The Morgan fingerprint density at radius 2 is 1.48 bits per heavy atom. The van der Waals surface area contributed by atoms with Crippen molar-refractivity contribution in [3.05, 3.63) is 90.0 Å². The maximum atomic E-state index is 13.0. The summed E-state index contributed by atoms with van der Waals surface area (Å²) in [7, 11) is -0.723. The fourth-order valence-corrected chi connectivity index (χ4v) is 4.60. The van der Waals surface area contributed by atoms with Crippen molar-refractivity contribution in [1.82, 2.24) is 10.0 Å². The molecule has 0 bridgehead atoms. The van der Waals surface area contributed by atoms with Crippen LogP contribution in [0.25, 0.3) is 0 Å². The highest BCUT2D eigenvalue weighted by Crippen LogP contribution is 2.27. The summed E-state index contributed by atoms with van der Waals surface area (Å²) >= 11 is 0. The van der Waals surface area contributed by atoms with Crippen molar-refractivity contribution < 1.29 is 22.7 Å². The zero-order chi connectivity index (χ0) is 23.7. The van der Waals surface area contributed by atoms with Crippen molar-refractivity contribution in [2.75, 3.05) is 20.8 Å². The molecule has 0 spiro atoms. The Hall–Kier alpha value is -3.36. The highest BCUT2D eigenvalue weighted by atomic mass is 32.2. The smallest absolute Gasteiger partial charge is 0.241 e. The van der Waals surface area contributed by atoms with E-state index in [-0.39, 0.29) is 17.2 Å². The normalized spacial score (nSPS) is 12.1. The van der Waals surface area contributed by atoms with E-state index in [9.17, 15) is 13.2 Å². The lowest BCUT2D eigenvalue weighted by Gasteiger charge is -2.19. The van der Waals surface area contributed by atoms with Crippen LogP contribution >= 0.6 is 0 Å². The van der Waals surface area contributed by atoms with Gasteiger partial charge >= 0.3 is 0 Å². The summed E-state index contributed by atoms with van der Waals surface area (Å²) in [6.45, 7) is 0.340. The molecule has 0 fully saturated rings. The molecule has 1 atom stereocenters. The van der Waals surface area contributed by atoms with E-state index in [0.29, 0.717) is 24.5 Å². The van der Waals surface area contributed by atoms with Gasteiger partial charge in [-0.3, -0.25) is 4.79 Å². The molecule has 3 rings (SSSR count). The zero-order valence-corrected chi connectivity index (χ0v) is 19.5. The standard InChI is InChI=1S/C25H28N2O5S/c1-31-23-14-13-20(18-24(23)32-2)15-16-26-25(28)22(17-19-9-5-3-6-10-19)27-33(29,30)21-11-7-4-8-12-21/h3-14,18,22,27H,15-17H2,1-2H3,(H,26,28)/t22-/m1/s1. The molecule has 3 aromatic rings. The molecule has 7 nitrogen and oxygen atoms in total. The van der Waals surface area contributed by atoms with Crippen LogP contribution < -0.4 is 19.5 Å². The maximum Gasteiger partial charge on any atom is 0.241 e. The van der Waals surface area contributed by atoms with Gasteiger partial charge in [-0.2, -0.15) is 4.72 Å². The van der Waals surface area contributed by atoms with E-state index >= 15 is 0 Å². The van der Waals surface area contributed by atoms with Crippen LogP contribution in [0.4, 0.5) is 0 Å². The summed E-state index contributed by atoms with van der Waals surface area (Å²) in [6, 6.07) is 21.9. The number of ether oxygens (including phenoxy) is 2.